The second-order valence-electron chi connectivity index (χ2n) is 10.6. The lowest BCUT2D eigenvalue weighted by molar-refractivity contribution is -0.611. The molecule has 1 aliphatic rings. The van der Waals surface area contributed by atoms with Crippen molar-refractivity contribution < 1.29 is 46.3 Å². The van der Waals surface area contributed by atoms with Crippen LogP contribution in [0.4, 0.5) is 0 Å². The van der Waals surface area contributed by atoms with Gasteiger partial charge < -0.3 is 27.4 Å². The zero-order valence-corrected chi connectivity index (χ0v) is 25.2. The van der Waals surface area contributed by atoms with E-state index in [2.05, 4.69) is 4.98 Å². The van der Waals surface area contributed by atoms with Crippen LogP contribution in [0.2, 0.25) is 0 Å². The molecule has 0 radical (unpaired) electrons. The van der Waals surface area contributed by atoms with Crippen molar-refractivity contribution in [1.29, 1.82) is 0 Å². The number of ketones is 1. The maximum absolute atomic E-state index is 13.1. The summed E-state index contributed by atoms with van der Waals surface area (Å²) < 4.78 is 7.56. The Hall–Kier alpha value is -2.76. The summed E-state index contributed by atoms with van der Waals surface area (Å²) >= 11 is 0. The summed E-state index contributed by atoms with van der Waals surface area (Å²) in [5.74, 6) is -0.442. The van der Waals surface area contributed by atoms with E-state index >= 15 is 0 Å². The second kappa shape index (κ2) is 11.0. The van der Waals surface area contributed by atoms with E-state index < -0.39 is 34.4 Å². The number of aliphatic carboxylic acids is 2. The molecule has 2 heterocycles. The molecule has 12 heteroatoms. The van der Waals surface area contributed by atoms with Crippen LogP contribution in [0.1, 0.15) is 62.1 Å². The van der Waals surface area contributed by atoms with Crippen molar-refractivity contribution in [2.45, 2.75) is 69.8 Å². The molecule has 4 rings (SSSR count). The molecule has 0 saturated heterocycles. The van der Waals surface area contributed by atoms with Gasteiger partial charge in [0.1, 0.15) is 22.2 Å². The number of aromatic amines is 1. The van der Waals surface area contributed by atoms with E-state index in [0.717, 1.165) is 55.5 Å². The minimum atomic E-state index is -1.16. The molecule has 9 nitrogen and oxygen atoms in total. The van der Waals surface area contributed by atoms with Gasteiger partial charge in [-0.3, -0.25) is 14.4 Å². The molecule has 39 heavy (non-hydrogen) atoms. The van der Waals surface area contributed by atoms with Gasteiger partial charge in [0.05, 0.1) is 25.5 Å². The van der Waals surface area contributed by atoms with Gasteiger partial charge in [-0.1, -0.05) is 26.6 Å². The highest BCUT2D eigenvalue weighted by molar-refractivity contribution is 8.76. The predicted octanol–water partition coefficient (Wildman–Crippen LogP) is 1.42. The number of H-pyrrole nitrogens is 1. The number of rotatable bonds is 9. The molecule has 1 atom stereocenters. The lowest BCUT2D eigenvalue weighted by Crippen LogP contribution is -3.00. The standard InChI is InChI=1S/C27H31N3O6S2.ClH/c1-13-11-30(19(14(2)22(13)36-7)12-37-38-20(23(33)34)10-21(31)32)25-28-17-8-15-16(9-18(17)29-25)27(5,6)24(35)26(15,3)4;/h8-9,11,20H,10,12H2,1-7H3,(H2-,28,29,31,32,33,34);1H. The van der Waals surface area contributed by atoms with Crippen molar-refractivity contribution in [2.24, 2.45) is 0 Å². The highest BCUT2D eigenvalue weighted by Gasteiger charge is 2.51. The molecule has 210 valence electrons. The average Bonchev–Trinajstić information content (AvgIpc) is 3.30. The van der Waals surface area contributed by atoms with Crippen molar-refractivity contribution >= 4 is 50.3 Å². The minimum absolute atomic E-state index is 0. The van der Waals surface area contributed by atoms with Crippen LogP contribution < -0.4 is 21.7 Å². The van der Waals surface area contributed by atoms with Crippen LogP contribution >= 0.6 is 21.6 Å². The number of hydrogen-bond donors (Lipinski definition) is 3. The number of carboxylic acids is 2. The van der Waals surface area contributed by atoms with Gasteiger partial charge >= 0.3 is 17.9 Å². The fourth-order valence-corrected chi connectivity index (χ4v) is 7.80. The summed E-state index contributed by atoms with van der Waals surface area (Å²) in [6.45, 7) is 11.7. The number of carbonyl (C=O) groups excluding carboxylic acids is 1. The molecular formula is C27H32ClN3O6S2. The number of Topliss-reactive ketones (excluding diaryl/α,β-unsaturated/α-hetero) is 1. The number of fused-ring (bicyclic) bond motifs is 2. The van der Waals surface area contributed by atoms with Crippen molar-refractivity contribution in [2.75, 3.05) is 7.11 Å². The molecule has 1 unspecified atom stereocenters. The van der Waals surface area contributed by atoms with Crippen LogP contribution in [-0.2, 0) is 31.0 Å². The number of aryl methyl sites for hydroxylation is 1. The van der Waals surface area contributed by atoms with Crippen molar-refractivity contribution in [3.05, 3.63) is 46.3 Å². The molecule has 0 spiro atoms. The Morgan fingerprint density at radius 1 is 1.13 bits per heavy atom. The van der Waals surface area contributed by atoms with E-state index in [-0.39, 0.29) is 18.2 Å². The topological polar surface area (TPSA) is 133 Å². The lowest BCUT2D eigenvalue weighted by Gasteiger charge is -2.21. The Labute approximate surface area is 240 Å². The van der Waals surface area contributed by atoms with Gasteiger partial charge in [0, 0.05) is 22.0 Å². The largest absolute Gasteiger partial charge is 1.00 e. The lowest BCUT2D eigenvalue weighted by atomic mass is 9.80. The number of nitrogens with one attached hydrogen (secondary N) is 1. The Balaban J connectivity index is 0.00000420. The number of hydrogen-bond acceptors (Lipinski definition) is 7. The fourth-order valence-electron chi connectivity index (χ4n) is 5.33. The number of ether oxygens (including phenoxy) is 1. The third-order valence-electron chi connectivity index (χ3n) is 7.28. The molecule has 0 bridgehead atoms. The van der Waals surface area contributed by atoms with Gasteiger partial charge in [0.15, 0.2) is 11.3 Å². The third kappa shape index (κ3) is 5.36. The maximum Gasteiger partial charge on any atom is 0.402 e. The molecule has 0 amide bonds. The Morgan fingerprint density at radius 2 is 1.74 bits per heavy atom. The summed E-state index contributed by atoms with van der Waals surface area (Å²) in [6.07, 6.45) is 1.45. The van der Waals surface area contributed by atoms with Gasteiger partial charge in [-0.2, -0.15) is 0 Å². The summed E-state index contributed by atoms with van der Waals surface area (Å²) in [4.78, 5) is 44.0. The number of halogens is 1. The van der Waals surface area contributed by atoms with Gasteiger partial charge in [-0.05, 0) is 64.8 Å². The fraction of sp³-hybridized carbons (Fsp3) is 0.444. The minimum Gasteiger partial charge on any atom is -1.00 e. The average molecular weight is 594 g/mol. The van der Waals surface area contributed by atoms with Crippen molar-refractivity contribution in [1.82, 2.24) is 9.97 Å². The molecule has 0 aliphatic heterocycles. The van der Waals surface area contributed by atoms with Crippen molar-refractivity contribution in [3.8, 4) is 11.7 Å². The molecule has 1 aliphatic carbocycles. The Kier molecular flexibility index (Phi) is 8.69. The molecule has 1 aromatic carbocycles. The van der Waals surface area contributed by atoms with E-state index in [4.69, 9.17) is 14.8 Å². The number of imidazole rings is 1. The first-order chi connectivity index (χ1) is 17.7. The van der Waals surface area contributed by atoms with Gasteiger partial charge in [-0.15, -0.1) is 0 Å². The van der Waals surface area contributed by atoms with Crippen LogP contribution in [0.25, 0.3) is 17.0 Å². The van der Waals surface area contributed by atoms with Crippen LogP contribution in [0, 0.1) is 13.8 Å². The number of carbonyl (C=O) groups is 3. The number of carboxylic acid groups (broad SMARTS) is 2. The van der Waals surface area contributed by atoms with E-state index in [1.165, 1.54) is 10.8 Å². The zero-order chi connectivity index (χ0) is 28.2. The first-order valence-electron chi connectivity index (χ1n) is 12.1. The molecule has 2 aromatic heterocycles. The summed E-state index contributed by atoms with van der Waals surface area (Å²) in [6, 6.07) is 4.01. The van der Waals surface area contributed by atoms with E-state index in [0.29, 0.717) is 11.7 Å². The number of pyridine rings is 1. The van der Waals surface area contributed by atoms with Gasteiger partial charge in [-0.25, -0.2) is 9.55 Å². The Bertz CT molecular complexity index is 1430. The smallest absolute Gasteiger partial charge is 0.402 e. The molecule has 3 aromatic rings. The van der Waals surface area contributed by atoms with Crippen LogP contribution in [0.15, 0.2) is 18.3 Å². The van der Waals surface area contributed by atoms with Crippen LogP contribution in [0.3, 0.4) is 0 Å². The highest BCUT2D eigenvalue weighted by atomic mass is 35.5. The van der Waals surface area contributed by atoms with Gasteiger partial charge in [0.25, 0.3) is 0 Å². The normalized spacial score (nSPS) is 16.0. The molecule has 0 saturated carbocycles. The van der Waals surface area contributed by atoms with E-state index in [1.54, 1.807) is 7.11 Å². The maximum atomic E-state index is 13.1. The quantitative estimate of drug-likeness (QED) is 0.249. The molecule has 3 N–H and O–H groups in total. The summed E-state index contributed by atoms with van der Waals surface area (Å²) in [7, 11) is 3.90. The Morgan fingerprint density at radius 3 is 2.31 bits per heavy atom. The van der Waals surface area contributed by atoms with E-state index in [1.807, 2.05) is 64.4 Å². The molecule has 0 fully saturated rings. The second-order valence-corrected chi connectivity index (χ2v) is 13.2. The SMILES string of the molecule is COc1c(C)c[n+](-c2nc3cc4c(cc3[nH]2)C(C)(C)C(=O)C4(C)C)c(CSSC(CC(=O)O)C(=O)O)c1C.[Cl-]. The number of methoxy groups -OCH3 is 1. The van der Waals surface area contributed by atoms with Gasteiger partial charge in [0.2, 0.25) is 0 Å². The monoisotopic (exact) mass is 593 g/mol. The highest BCUT2D eigenvalue weighted by Crippen LogP contribution is 2.47. The first kappa shape index (κ1) is 30.8. The number of aromatic nitrogens is 3. The number of nitrogens with zero attached hydrogens (tertiary/aromatic N) is 2. The summed E-state index contributed by atoms with van der Waals surface area (Å²) in [5.41, 5.74) is 4.94. The third-order valence-corrected chi connectivity index (χ3v) is 9.87. The first-order valence-corrected chi connectivity index (χ1v) is 14.5. The van der Waals surface area contributed by atoms with Crippen LogP contribution in [-0.4, -0.2) is 50.3 Å². The van der Waals surface area contributed by atoms with Crippen molar-refractivity contribution in [3.63, 3.8) is 0 Å². The summed E-state index contributed by atoms with van der Waals surface area (Å²) in [5, 5.41) is 17.4. The van der Waals surface area contributed by atoms with Crippen LogP contribution in [0.5, 0.6) is 5.75 Å². The molecular weight excluding hydrogens is 562 g/mol. The number of benzene rings is 1. The van der Waals surface area contributed by atoms with E-state index in [9.17, 15) is 19.5 Å². The predicted molar refractivity (Wildman–Crippen MR) is 147 cm³/mol. The zero-order valence-electron chi connectivity index (χ0n) is 22.8.